The lowest BCUT2D eigenvalue weighted by molar-refractivity contribution is -0.385. The van der Waals surface area contributed by atoms with E-state index in [4.69, 9.17) is 4.74 Å². The molecule has 0 spiro atoms. The standard InChI is InChI=1S/C19H19F2N3O4/c1-2-28-16-8-4-7-15(18(16)24(26)27)22-9-11-23(12-10-22)19(25)17-13(20)5-3-6-14(17)21/h3-8H,2,9-12H2,1H3. The third kappa shape index (κ3) is 3.73. The predicted octanol–water partition coefficient (Wildman–Crippen LogP) is 3.23. The number of nitrogens with zero attached hydrogens (tertiary/aromatic N) is 3. The van der Waals surface area contributed by atoms with E-state index in [1.165, 1.54) is 17.0 Å². The molecule has 3 rings (SSSR count). The summed E-state index contributed by atoms with van der Waals surface area (Å²) in [7, 11) is 0. The zero-order valence-electron chi connectivity index (χ0n) is 15.2. The number of halogens is 2. The average Bonchev–Trinajstić information content (AvgIpc) is 2.68. The number of piperazine rings is 1. The summed E-state index contributed by atoms with van der Waals surface area (Å²) in [4.78, 5) is 26.7. The lowest BCUT2D eigenvalue weighted by Crippen LogP contribution is -2.49. The van der Waals surface area contributed by atoms with E-state index < -0.39 is 28.0 Å². The molecule has 9 heteroatoms. The van der Waals surface area contributed by atoms with Gasteiger partial charge in [-0.3, -0.25) is 14.9 Å². The van der Waals surface area contributed by atoms with Crippen LogP contribution >= 0.6 is 0 Å². The molecule has 1 aliphatic rings. The second-order valence-electron chi connectivity index (χ2n) is 6.19. The highest BCUT2D eigenvalue weighted by Gasteiger charge is 2.30. The van der Waals surface area contributed by atoms with E-state index in [9.17, 15) is 23.7 Å². The molecule has 0 aromatic heterocycles. The van der Waals surface area contributed by atoms with Gasteiger partial charge >= 0.3 is 5.69 Å². The topological polar surface area (TPSA) is 75.9 Å². The number of ether oxygens (including phenoxy) is 1. The highest BCUT2D eigenvalue weighted by atomic mass is 19.1. The minimum absolute atomic E-state index is 0.135. The van der Waals surface area contributed by atoms with Crippen molar-refractivity contribution in [3.63, 3.8) is 0 Å². The molecule has 1 aliphatic heterocycles. The Kier molecular flexibility index (Phi) is 5.72. The van der Waals surface area contributed by atoms with Crippen LogP contribution in [0, 0.1) is 21.7 Å². The van der Waals surface area contributed by atoms with Crippen LogP contribution in [-0.4, -0.2) is 48.5 Å². The Bertz CT molecular complexity index is 878. The van der Waals surface area contributed by atoms with Gasteiger partial charge in [0.15, 0.2) is 5.75 Å². The Morgan fingerprint density at radius 2 is 1.71 bits per heavy atom. The summed E-state index contributed by atoms with van der Waals surface area (Å²) in [5, 5.41) is 11.5. The van der Waals surface area contributed by atoms with E-state index in [0.29, 0.717) is 12.3 Å². The highest BCUT2D eigenvalue weighted by molar-refractivity contribution is 5.95. The highest BCUT2D eigenvalue weighted by Crippen LogP contribution is 2.37. The number of amides is 1. The van der Waals surface area contributed by atoms with Gasteiger partial charge in [0.25, 0.3) is 5.91 Å². The van der Waals surface area contributed by atoms with Crippen LogP contribution in [0.4, 0.5) is 20.2 Å². The molecule has 0 N–H and O–H groups in total. The van der Waals surface area contributed by atoms with Gasteiger partial charge in [0.05, 0.1) is 11.5 Å². The van der Waals surface area contributed by atoms with Gasteiger partial charge in [-0.05, 0) is 31.2 Å². The monoisotopic (exact) mass is 391 g/mol. The molecule has 2 aromatic rings. The third-order valence-electron chi connectivity index (χ3n) is 4.54. The molecule has 0 saturated carbocycles. The second kappa shape index (κ2) is 8.20. The number of hydrogen-bond acceptors (Lipinski definition) is 5. The van der Waals surface area contributed by atoms with Crippen LogP contribution in [-0.2, 0) is 0 Å². The Morgan fingerprint density at radius 3 is 2.29 bits per heavy atom. The molecule has 0 bridgehead atoms. The fourth-order valence-electron chi connectivity index (χ4n) is 3.23. The summed E-state index contributed by atoms with van der Waals surface area (Å²) in [6.07, 6.45) is 0. The molecule has 0 atom stereocenters. The van der Waals surface area contributed by atoms with Crippen LogP contribution in [0.5, 0.6) is 5.75 Å². The smallest absolute Gasteiger partial charge is 0.333 e. The van der Waals surface area contributed by atoms with Gasteiger partial charge in [0.1, 0.15) is 22.9 Å². The minimum atomic E-state index is -0.910. The van der Waals surface area contributed by atoms with Gasteiger partial charge < -0.3 is 14.5 Å². The first-order valence-corrected chi connectivity index (χ1v) is 8.82. The molecule has 148 valence electrons. The first kappa shape index (κ1) is 19.5. The van der Waals surface area contributed by atoms with Crippen molar-refractivity contribution in [2.45, 2.75) is 6.92 Å². The van der Waals surface area contributed by atoms with Crippen molar-refractivity contribution in [1.82, 2.24) is 4.90 Å². The van der Waals surface area contributed by atoms with Crippen molar-refractivity contribution in [3.8, 4) is 5.75 Å². The molecule has 2 aromatic carbocycles. The van der Waals surface area contributed by atoms with Gasteiger partial charge in [-0.15, -0.1) is 0 Å². The molecule has 0 radical (unpaired) electrons. The number of nitro groups is 1. The Balaban J connectivity index is 1.78. The normalized spacial score (nSPS) is 14.1. The molecular formula is C19H19F2N3O4. The fourth-order valence-corrected chi connectivity index (χ4v) is 3.23. The van der Waals surface area contributed by atoms with E-state index >= 15 is 0 Å². The Labute approximate surface area is 160 Å². The number of anilines is 1. The average molecular weight is 391 g/mol. The van der Waals surface area contributed by atoms with Crippen LogP contribution in [0.2, 0.25) is 0 Å². The predicted molar refractivity (Wildman–Crippen MR) is 98.7 cm³/mol. The molecule has 0 unspecified atom stereocenters. The summed E-state index contributed by atoms with van der Waals surface area (Å²) in [6.45, 7) is 2.98. The summed E-state index contributed by atoms with van der Waals surface area (Å²) >= 11 is 0. The van der Waals surface area contributed by atoms with Crippen LogP contribution in [0.15, 0.2) is 36.4 Å². The third-order valence-corrected chi connectivity index (χ3v) is 4.54. The summed E-state index contributed by atoms with van der Waals surface area (Å²) in [6, 6.07) is 8.09. The summed E-state index contributed by atoms with van der Waals surface area (Å²) in [5.74, 6) is -2.37. The van der Waals surface area contributed by atoms with Crippen LogP contribution < -0.4 is 9.64 Å². The van der Waals surface area contributed by atoms with Crippen LogP contribution in [0.3, 0.4) is 0 Å². The Hall–Kier alpha value is -3.23. The molecule has 7 nitrogen and oxygen atoms in total. The summed E-state index contributed by atoms with van der Waals surface area (Å²) < 4.78 is 33.1. The number of nitro benzene ring substituents is 1. The van der Waals surface area contributed by atoms with Crippen molar-refractivity contribution in [3.05, 3.63) is 63.7 Å². The largest absolute Gasteiger partial charge is 0.487 e. The van der Waals surface area contributed by atoms with Gasteiger partial charge in [-0.1, -0.05) is 12.1 Å². The zero-order chi connectivity index (χ0) is 20.3. The number of para-hydroxylation sites is 1. The van der Waals surface area contributed by atoms with E-state index in [1.54, 1.807) is 24.0 Å². The van der Waals surface area contributed by atoms with E-state index in [0.717, 1.165) is 12.1 Å². The fraction of sp³-hybridized carbons (Fsp3) is 0.316. The van der Waals surface area contributed by atoms with Crippen molar-refractivity contribution in [2.24, 2.45) is 0 Å². The molecular weight excluding hydrogens is 372 g/mol. The lowest BCUT2D eigenvalue weighted by Gasteiger charge is -2.36. The quantitative estimate of drug-likeness (QED) is 0.578. The first-order valence-electron chi connectivity index (χ1n) is 8.82. The number of carbonyl (C=O) groups excluding carboxylic acids is 1. The van der Waals surface area contributed by atoms with Gasteiger partial charge in [-0.25, -0.2) is 8.78 Å². The number of hydrogen-bond donors (Lipinski definition) is 0. The van der Waals surface area contributed by atoms with E-state index in [-0.39, 0.29) is 37.6 Å². The minimum Gasteiger partial charge on any atom is -0.487 e. The lowest BCUT2D eigenvalue weighted by atomic mass is 10.1. The van der Waals surface area contributed by atoms with Crippen LogP contribution in [0.25, 0.3) is 0 Å². The van der Waals surface area contributed by atoms with Gasteiger partial charge in [-0.2, -0.15) is 0 Å². The molecule has 1 saturated heterocycles. The molecule has 1 amide bonds. The van der Waals surface area contributed by atoms with E-state index in [1.807, 2.05) is 0 Å². The maximum Gasteiger partial charge on any atom is 0.333 e. The SMILES string of the molecule is CCOc1cccc(N2CCN(C(=O)c3c(F)cccc3F)CC2)c1[N+](=O)[O-]. The van der Waals surface area contributed by atoms with Gasteiger partial charge in [0.2, 0.25) is 0 Å². The first-order chi connectivity index (χ1) is 13.4. The maximum absolute atomic E-state index is 13.9. The Morgan fingerprint density at radius 1 is 1.11 bits per heavy atom. The van der Waals surface area contributed by atoms with Crippen LogP contribution in [0.1, 0.15) is 17.3 Å². The van der Waals surface area contributed by atoms with Gasteiger partial charge in [0, 0.05) is 26.2 Å². The molecule has 1 heterocycles. The zero-order valence-corrected chi connectivity index (χ0v) is 15.2. The van der Waals surface area contributed by atoms with E-state index in [2.05, 4.69) is 0 Å². The van der Waals surface area contributed by atoms with Crippen molar-refractivity contribution in [1.29, 1.82) is 0 Å². The second-order valence-corrected chi connectivity index (χ2v) is 6.19. The number of benzene rings is 2. The molecule has 28 heavy (non-hydrogen) atoms. The molecule has 0 aliphatic carbocycles. The maximum atomic E-state index is 13.9. The number of rotatable bonds is 5. The van der Waals surface area contributed by atoms with Crippen molar-refractivity contribution in [2.75, 3.05) is 37.7 Å². The van der Waals surface area contributed by atoms with Crippen molar-refractivity contribution < 1.29 is 23.2 Å². The van der Waals surface area contributed by atoms with Crippen molar-refractivity contribution >= 4 is 17.3 Å². The number of carbonyl (C=O) groups is 1. The molecule has 1 fully saturated rings. The summed E-state index contributed by atoms with van der Waals surface area (Å²) in [5.41, 5.74) is -0.329.